The molecule has 1 fully saturated rings. The fraction of sp³-hybridized carbons (Fsp3) is 0.353. The first-order valence-corrected chi connectivity index (χ1v) is 8.56. The quantitative estimate of drug-likeness (QED) is 0.575. The maximum absolute atomic E-state index is 5.72. The van der Waals surface area contributed by atoms with Crippen molar-refractivity contribution in [3.63, 3.8) is 0 Å². The molecule has 1 aliphatic heterocycles. The Labute approximate surface area is 145 Å². The molecule has 1 aliphatic rings. The second-order valence-corrected chi connectivity index (χ2v) is 6.18. The summed E-state index contributed by atoms with van der Waals surface area (Å²) in [5, 5.41) is 14.5. The van der Waals surface area contributed by atoms with Crippen LogP contribution in [0.1, 0.15) is 13.3 Å². The number of hydrogen-bond acceptors (Lipinski definition) is 7. The number of hydrogen-bond donors (Lipinski definition) is 4. The molecule has 3 heterocycles. The van der Waals surface area contributed by atoms with Gasteiger partial charge in [-0.15, -0.1) is 0 Å². The zero-order chi connectivity index (χ0) is 17.2. The first kappa shape index (κ1) is 15.6. The third-order valence-corrected chi connectivity index (χ3v) is 4.51. The van der Waals surface area contributed by atoms with E-state index in [0.717, 1.165) is 48.7 Å². The Kier molecular flexibility index (Phi) is 4.10. The second kappa shape index (κ2) is 6.56. The minimum Gasteiger partial charge on any atom is -0.384 e. The fourth-order valence-electron chi connectivity index (χ4n) is 3.20. The van der Waals surface area contributed by atoms with E-state index in [0.29, 0.717) is 17.7 Å². The normalized spacial score (nSPS) is 17.8. The van der Waals surface area contributed by atoms with Gasteiger partial charge in [-0.2, -0.15) is 10.1 Å². The SMILES string of the molecule is CCC1CNCCN1c1nc(Nc2cc(N)[nH]n2)c2ccccc2n1. The number of benzene rings is 1. The molecule has 0 bridgehead atoms. The van der Waals surface area contributed by atoms with Crippen molar-refractivity contribution in [2.24, 2.45) is 0 Å². The van der Waals surface area contributed by atoms with Crippen LogP contribution in [0.25, 0.3) is 10.9 Å². The highest BCUT2D eigenvalue weighted by Gasteiger charge is 2.24. The molecule has 0 radical (unpaired) electrons. The van der Waals surface area contributed by atoms with Crippen molar-refractivity contribution in [1.82, 2.24) is 25.5 Å². The summed E-state index contributed by atoms with van der Waals surface area (Å²) in [4.78, 5) is 11.9. The highest BCUT2D eigenvalue weighted by atomic mass is 15.3. The minimum atomic E-state index is 0.392. The first-order valence-electron chi connectivity index (χ1n) is 8.56. The van der Waals surface area contributed by atoms with Gasteiger partial charge in [-0.3, -0.25) is 5.10 Å². The molecule has 0 spiro atoms. The van der Waals surface area contributed by atoms with Gasteiger partial charge in [-0.05, 0) is 18.6 Å². The standard InChI is InChI=1S/C17H22N8/c1-2-11-10-19-7-8-25(11)17-20-13-6-4-3-5-12(13)16(22-17)21-15-9-14(18)23-24-15/h3-6,9,11,19H,2,7-8,10H2,1H3,(H4,18,20,21,22,23,24). The van der Waals surface area contributed by atoms with Crippen molar-refractivity contribution in [2.75, 3.05) is 35.6 Å². The summed E-state index contributed by atoms with van der Waals surface area (Å²) in [5.41, 5.74) is 6.63. The molecule has 1 unspecified atom stereocenters. The van der Waals surface area contributed by atoms with Crippen molar-refractivity contribution in [2.45, 2.75) is 19.4 Å². The van der Waals surface area contributed by atoms with E-state index in [1.165, 1.54) is 0 Å². The number of aromatic amines is 1. The first-order chi connectivity index (χ1) is 12.2. The van der Waals surface area contributed by atoms with Gasteiger partial charge in [0.05, 0.1) is 5.52 Å². The smallest absolute Gasteiger partial charge is 0.228 e. The highest BCUT2D eigenvalue weighted by molar-refractivity contribution is 5.91. The van der Waals surface area contributed by atoms with Crippen LogP contribution in [-0.4, -0.2) is 45.8 Å². The van der Waals surface area contributed by atoms with Crippen LogP contribution in [-0.2, 0) is 0 Å². The molecule has 130 valence electrons. The zero-order valence-corrected chi connectivity index (χ0v) is 14.2. The minimum absolute atomic E-state index is 0.392. The number of nitrogens with one attached hydrogen (secondary N) is 3. The summed E-state index contributed by atoms with van der Waals surface area (Å²) in [7, 11) is 0. The number of nitrogen functional groups attached to an aromatic ring is 1. The van der Waals surface area contributed by atoms with E-state index in [4.69, 9.17) is 15.7 Å². The van der Waals surface area contributed by atoms with Crippen LogP contribution < -0.4 is 21.3 Å². The maximum Gasteiger partial charge on any atom is 0.228 e. The third-order valence-electron chi connectivity index (χ3n) is 4.51. The number of piperazine rings is 1. The molecular formula is C17H22N8. The van der Waals surface area contributed by atoms with Gasteiger partial charge in [0.1, 0.15) is 11.6 Å². The van der Waals surface area contributed by atoms with Gasteiger partial charge in [-0.25, -0.2) is 4.98 Å². The van der Waals surface area contributed by atoms with E-state index in [9.17, 15) is 0 Å². The fourth-order valence-corrected chi connectivity index (χ4v) is 3.20. The van der Waals surface area contributed by atoms with Gasteiger partial charge in [0, 0.05) is 37.1 Å². The number of anilines is 4. The summed E-state index contributed by atoms with van der Waals surface area (Å²) >= 11 is 0. The lowest BCUT2D eigenvalue weighted by Crippen LogP contribution is -2.51. The van der Waals surface area contributed by atoms with Crippen molar-refractivity contribution in [3.8, 4) is 0 Å². The number of para-hydroxylation sites is 1. The molecule has 8 nitrogen and oxygen atoms in total. The van der Waals surface area contributed by atoms with Crippen LogP contribution in [0.3, 0.4) is 0 Å². The summed E-state index contributed by atoms with van der Waals surface area (Å²) < 4.78 is 0. The highest BCUT2D eigenvalue weighted by Crippen LogP contribution is 2.27. The summed E-state index contributed by atoms with van der Waals surface area (Å²) in [5.74, 6) is 2.63. The molecular weight excluding hydrogens is 316 g/mol. The average molecular weight is 338 g/mol. The Bertz CT molecular complexity index is 874. The van der Waals surface area contributed by atoms with E-state index < -0.39 is 0 Å². The molecule has 1 atom stereocenters. The van der Waals surface area contributed by atoms with Gasteiger partial charge in [0.2, 0.25) is 5.95 Å². The number of aromatic nitrogens is 4. The molecule has 0 saturated carbocycles. The Morgan fingerprint density at radius 1 is 1.32 bits per heavy atom. The van der Waals surface area contributed by atoms with Crippen molar-refractivity contribution >= 4 is 34.3 Å². The number of nitrogens with zero attached hydrogens (tertiary/aromatic N) is 4. The lowest BCUT2D eigenvalue weighted by molar-refractivity contribution is 0.460. The predicted molar refractivity (Wildman–Crippen MR) is 100 cm³/mol. The lowest BCUT2D eigenvalue weighted by atomic mass is 10.1. The third kappa shape index (κ3) is 3.08. The van der Waals surface area contributed by atoms with Crippen molar-refractivity contribution < 1.29 is 0 Å². The van der Waals surface area contributed by atoms with Crippen LogP contribution in [0.2, 0.25) is 0 Å². The van der Waals surface area contributed by atoms with Crippen LogP contribution in [0.15, 0.2) is 30.3 Å². The van der Waals surface area contributed by atoms with Crippen LogP contribution in [0, 0.1) is 0 Å². The largest absolute Gasteiger partial charge is 0.384 e. The average Bonchev–Trinajstić information content (AvgIpc) is 3.06. The van der Waals surface area contributed by atoms with Gasteiger partial charge in [-0.1, -0.05) is 19.1 Å². The van der Waals surface area contributed by atoms with Gasteiger partial charge >= 0.3 is 0 Å². The van der Waals surface area contributed by atoms with Crippen LogP contribution >= 0.6 is 0 Å². The van der Waals surface area contributed by atoms with Gasteiger partial charge < -0.3 is 21.3 Å². The number of nitrogens with two attached hydrogens (primary N) is 1. The van der Waals surface area contributed by atoms with Crippen LogP contribution in [0.4, 0.5) is 23.4 Å². The number of rotatable bonds is 4. The maximum atomic E-state index is 5.72. The van der Waals surface area contributed by atoms with E-state index in [1.54, 1.807) is 6.07 Å². The van der Waals surface area contributed by atoms with Gasteiger partial charge in [0.15, 0.2) is 5.82 Å². The topological polar surface area (TPSA) is 108 Å². The van der Waals surface area contributed by atoms with E-state index in [-0.39, 0.29) is 0 Å². The summed E-state index contributed by atoms with van der Waals surface area (Å²) in [6.07, 6.45) is 1.04. The second-order valence-electron chi connectivity index (χ2n) is 6.18. The van der Waals surface area contributed by atoms with E-state index in [1.807, 2.05) is 24.3 Å². The predicted octanol–water partition coefficient (Wildman–Crippen LogP) is 1.87. The molecule has 4 rings (SSSR count). The number of fused-ring (bicyclic) bond motifs is 1. The molecule has 2 aromatic heterocycles. The molecule has 0 amide bonds. The van der Waals surface area contributed by atoms with Crippen molar-refractivity contribution in [3.05, 3.63) is 30.3 Å². The van der Waals surface area contributed by atoms with Crippen LogP contribution in [0.5, 0.6) is 0 Å². The molecule has 8 heteroatoms. The molecule has 0 aliphatic carbocycles. The van der Waals surface area contributed by atoms with Gasteiger partial charge in [0.25, 0.3) is 0 Å². The number of H-pyrrole nitrogens is 1. The lowest BCUT2D eigenvalue weighted by Gasteiger charge is -2.36. The Morgan fingerprint density at radius 3 is 3.00 bits per heavy atom. The molecule has 1 aromatic carbocycles. The zero-order valence-electron chi connectivity index (χ0n) is 14.2. The Morgan fingerprint density at radius 2 is 2.20 bits per heavy atom. The van der Waals surface area contributed by atoms with E-state index >= 15 is 0 Å². The molecule has 25 heavy (non-hydrogen) atoms. The van der Waals surface area contributed by atoms with Crippen molar-refractivity contribution in [1.29, 1.82) is 0 Å². The molecule has 3 aromatic rings. The Balaban J connectivity index is 1.77. The van der Waals surface area contributed by atoms with E-state index in [2.05, 4.69) is 32.7 Å². The molecule has 5 N–H and O–H groups in total. The molecule has 1 saturated heterocycles. The summed E-state index contributed by atoms with van der Waals surface area (Å²) in [6, 6.07) is 10.1. The Hall–Kier alpha value is -2.87. The summed E-state index contributed by atoms with van der Waals surface area (Å²) in [6.45, 7) is 4.97. The monoisotopic (exact) mass is 338 g/mol.